The minimum absolute atomic E-state index is 0.167. The molecule has 1 aromatic carbocycles. The summed E-state index contributed by atoms with van der Waals surface area (Å²) in [4.78, 5) is 3.10. The topological polar surface area (TPSA) is 65.7 Å². The van der Waals surface area contributed by atoms with Gasteiger partial charge in [-0.1, -0.05) is 17.7 Å². The van der Waals surface area contributed by atoms with Gasteiger partial charge in [-0.05, 0) is 17.7 Å². The molecule has 4 heteroatoms. The number of nitrogens with two attached hydrogens (primary N) is 1. The van der Waals surface area contributed by atoms with Gasteiger partial charge in [0.1, 0.15) is 0 Å². The Morgan fingerprint density at radius 1 is 1.50 bits per heavy atom. The van der Waals surface area contributed by atoms with Crippen molar-refractivity contribution in [3.8, 4) is 0 Å². The molecule has 14 heavy (non-hydrogen) atoms. The van der Waals surface area contributed by atoms with Crippen molar-refractivity contribution < 1.29 is 0 Å². The lowest BCUT2D eigenvalue weighted by Crippen LogP contribution is -2.12. The third-order valence-corrected chi connectivity index (χ3v) is 2.35. The van der Waals surface area contributed by atoms with Crippen LogP contribution in [-0.4, -0.2) is 10.8 Å². The van der Waals surface area contributed by atoms with Crippen molar-refractivity contribution >= 4 is 28.3 Å². The Kier molecular flexibility index (Phi) is 2.17. The summed E-state index contributed by atoms with van der Waals surface area (Å²) in [6, 6.07) is 5.63. The van der Waals surface area contributed by atoms with E-state index in [0.717, 1.165) is 16.5 Å². The maximum absolute atomic E-state index is 7.23. The van der Waals surface area contributed by atoms with Gasteiger partial charge in [-0.3, -0.25) is 5.41 Å². The maximum atomic E-state index is 7.23. The number of aromatic nitrogens is 1. The molecular weight excluding hydrogens is 198 g/mol. The number of amidine groups is 1. The number of H-pyrrole nitrogens is 1. The smallest absolute Gasteiger partial charge is 0.0950 e. The van der Waals surface area contributed by atoms with Gasteiger partial charge in [0.2, 0.25) is 0 Å². The number of aromatic amines is 1. The van der Waals surface area contributed by atoms with Gasteiger partial charge in [-0.15, -0.1) is 0 Å². The van der Waals surface area contributed by atoms with E-state index in [-0.39, 0.29) is 5.84 Å². The van der Waals surface area contributed by atoms with Crippen LogP contribution in [0.25, 0.3) is 10.9 Å². The number of nitrogens with one attached hydrogen (secondary N) is 2. The molecule has 0 aliphatic heterocycles. The fraction of sp³-hybridized carbons (Fsp3) is 0.100. The average molecular weight is 208 g/mol. The first-order valence-corrected chi connectivity index (χ1v) is 4.63. The van der Waals surface area contributed by atoms with E-state index in [1.165, 1.54) is 0 Å². The average Bonchev–Trinajstić information content (AvgIpc) is 2.47. The second-order valence-corrected chi connectivity index (χ2v) is 3.64. The Morgan fingerprint density at radius 3 is 3.00 bits per heavy atom. The highest BCUT2D eigenvalue weighted by Gasteiger charge is 2.04. The molecule has 0 aliphatic carbocycles. The van der Waals surface area contributed by atoms with Crippen molar-refractivity contribution in [1.29, 1.82) is 5.41 Å². The predicted molar refractivity (Wildman–Crippen MR) is 58.9 cm³/mol. The molecule has 0 spiro atoms. The zero-order valence-electron chi connectivity index (χ0n) is 7.47. The first-order chi connectivity index (χ1) is 6.66. The highest BCUT2D eigenvalue weighted by atomic mass is 35.5. The molecule has 0 atom stereocenters. The van der Waals surface area contributed by atoms with E-state index in [0.29, 0.717) is 11.4 Å². The Hall–Kier alpha value is -1.48. The number of benzene rings is 1. The van der Waals surface area contributed by atoms with Crippen molar-refractivity contribution in [2.24, 2.45) is 5.73 Å². The quantitative estimate of drug-likeness (QED) is 0.514. The normalized spacial score (nSPS) is 10.6. The van der Waals surface area contributed by atoms with Gasteiger partial charge in [0.05, 0.1) is 5.84 Å². The van der Waals surface area contributed by atoms with Crippen LogP contribution in [0.2, 0.25) is 5.02 Å². The first kappa shape index (κ1) is 9.09. The zero-order valence-corrected chi connectivity index (χ0v) is 8.23. The van der Waals surface area contributed by atoms with E-state index in [1.807, 2.05) is 24.4 Å². The van der Waals surface area contributed by atoms with Crippen LogP contribution in [0.4, 0.5) is 0 Å². The zero-order chi connectivity index (χ0) is 10.1. The van der Waals surface area contributed by atoms with Gasteiger partial charge in [-0.2, -0.15) is 0 Å². The molecule has 0 amide bonds. The number of halogens is 1. The van der Waals surface area contributed by atoms with E-state index < -0.39 is 0 Å². The van der Waals surface area contributed by atoms with E-state index in [4.69, 9.17) is 22.7 Å². The third kappa shape index (κ3) is 1.59. The summed E-state index contributed by atoms with van der Waals surface area (Å²) < 4.78 is 0. The molecule has 0 fully saturated rings. The van der Waals surface area contributed by atoms with Gasteiger partial charge < -0.3 is 10.7 Å². The molecule has 72 valence electrons. The van der Waals surface area contributed by atoms with Crippen molar-refractivity contribution in [2.45, 2.75) is 6.42 Å². The number of fused-ring (bicyclic) bond motifs is 1. The van der Waals surface area contributed by atoms with Crippen LogP contribution in [0.15, 0.2) is 24.4 Å². The Morgan fingerprint density at radius 2 is 2.29 bits per heavy atom. The third-order valence-electron chi connectivity index (χ3n) is 2.11. The van der Waals surface area contributed by atoms with Crippen molar-refractivity contribution in [3.63, 3.8) is 0 Å². The predicted octanol–water partition coefficient (Wildman–Crippen LogP) is 2.30. The monoisotopic (exact) mass is 207 g/mol. The summed E-state index contributed by atoms with van der Waals surface area (Å²) in [6.07, 6.45) is 2.34. The second kappa shape index (κ2) is 3.35. The van der Waals surface area contributed by atoms with Gasteiger partial charge in [-0.25, -0.2) is 0 Å². The van der Waals surface area contributed by atoms with Gasteiger partial charge in [0.15, 0.2) is 0 Å². The summed E-state index contributed by atoms with van der Waals surface area (Å²) in [6.45, 7) is 0. The molecule has 0 saturated carbocycles. The van der Waals surface area contributed by atoms with Gasteiger partial charge >= 0.3 is 0 Å². The van der Waals surface area contributed by atoms with Crippen LogP contribution in [0, 0.1) is 5.41 Å². The van der Waals surface area contributed by atoms with Crippen LogP contribution in [0.3, 0.4) is 0 Å². The molecule has 0 unspecified atom stereocenters. The number of hydrogen-bond acceptors (Lipinski definition) is 1. The highest BCUT2D eigenvalue weighted by Crippen LogP contribution is 2.22. The first-order valence-electron chi connectivity index (χ1n) is 4.25. The minimum Gasteiger partial charge on any atom is -0.387 e. The molecule has 3 nitrogen and oxygen atoms in total. The summed E-state index contributed by atoms with van der Waals surface area (Å²) in [5.41, 5.74) is 7.36. The molecule has 0 saturated heterocycles. The highest BCUT2D eigenvalue weighted by molar-refractivity contribution is 6.31. The summed E-state index contributed by atoms with van der Waals surface area (Å²) in [5.74, 6) is 0.167. The Balaban J connectivity index is 2.52. The lowest BCUT2D eigenvalue weighted by atomic mass is 10.1. The van der Waals surface area contributed by atoms with Crippen LogP contribution < -0.4 is 5.73 Å². The summed E-state index contributed by atoms with van der Waals surface area (Å²) in [5, 5.41) is 9.00. The van der Waals surface area contributed by atoms with Gasteiger partial charge in [0.25, 0.3) is 0 Å². The molecule has 1 aromatic heterocycles. The largest absolute Gasteiger partial charge is 0.387 e. The number of hydrogen-bond donors (Lipinski definition) is 3. The van der Waals surface area contributed by atoms with Crippen LogP contribution >= 0.6 is 11.6 Å². The SMILES string of the molecule is N=C(N)Cc1c[nH]c2cc(Cl)ccc12. The lowest BCUT2D eigenvalue weighted by molar-refractivity contribution is 1.26. The number of rotatable bonds is 2. The van der Waals surface area contributed by atoms with Crippen LogP contribution in [-0.2, 0) is 6.42 Å². The molecule has 2 aromatic rings. The minimum atomic E-state index is 0.167. The van der Waals surface area contributed by atoms with Crippen LogP contribution in [0.1, 0.15) is 5.56 Å². The molecule has 0 bridgehead atoms. The fourth-order valence-electron chi connectivity index (χ4n) is 1.51. The summed E-state index contributed by atoms with van der Waals surface area (Å²) in [7, 11) is 0. The molecule has 2 rings (SSSR count). The maximum Gasteiger partial charge on any atom is 0.0950 e. The van der Waals surface area contributed by atoms with E-state index >= 15 is 0 Å². The Bertz CT molecular complexity index is 487. The van der Waals surface area contributed by atoms with Crippen LogP contribution in [0.5, 0.6) is 0 Å². The van der Waals surface area contributed by atoms with E-state index in [1.54, 1.807) is 0 Å². The molecular formula is C10H10ClN3. The summed E-state index contributed by atoms with van der Waals surface area (Å²) >= 11 is 5.85. The lowest BCUT2D eigenvalue weighted by Gasteiger charge is -1.96. The van der Waals surface area contributed by atoms with Crippen molar-refractivity contribution in [1.82, 2.24) is 4.98 Å². The molecule has 4 N–H and O–H groups in total. The molecule has 0 radical (unpaired) electrons. The van der Waals surface area contributed by atoms with Crippen molar-refractivity contribution in [2.75, 3.05) is 0 Å². The fourth-order valence-corrected chi connectivity index (χ4v) is 1.68. The molecule has 0 aliphatic rings. The van der Waals surface area contributed by atoms with E-state index in [2.05, 4.69) is 4.98 Å². The van der Waals surface area contributed by atoms with Gasteiger partial charge in [0, 0.05) is 28.5 Å². The standard InChI is InChI=1S/C10H10ClN3/c11-7-1-2-8-6(3-10(12)13)5-14-9(8)4-7/h1-2,4-5,14H,3H2,(H3,12,13). The second-order valence-electron chi connectivity index (χ2n) is 3.21. The molecule has 1 heterocycles. The van der Waals surface area contributed by atoms with Crippen molar-refractivity contribution in [3.05, 3.63) is 35.0 Å². The Labute approximate surface area is 86.4 Å². The van der Waals surface area contributed by atoms with E-state index in [9.17, 15) is 0 Å².